The van der Waals surface area contributed by atoms with E-state index in [0.29, 0.717) is 32.1 Å². The van der Waals surface area contributed by atoms with Crippen LogP contribution in [-0.2, 0) is 33.5 Å². The van der Waals surface area contributed by atoms with Crippen molar-refractivity contribution in [1.82, 2.24) is 26.2 Å². The van der Waals surface area contributed by atoms with Gasteiger partial charge in [-0.2, -0.15) is 0 Å². The molecule has 49 heavy (non-hydrogen) atoms. The number of likely N-dealkylation sites (N-methyl/N-ethyl adjacent to an activating group) is 1. The molecule has 0 unspecified atom stereocenters. The lowest BCUT2D eigenvalue weighted by molar-refractivity contribution is -0.157. The Morgan fingerprint density at radius 3 is 1.69 bits per heavy atom. The molecule has 0 spiro atoms. The Kier molecular flexibility index (Phi) is 22.2. The molecule has 14 nitrogen and oxygen atoms in total. The normalized spacial score (nSPS) is 25.3. The molecule has 14 heteroatoms. The summed E-state index contributed by atoms with van der Waals surface area (Å²) >= 11 is 0. The van der Waals surface area contributed by atoms with Gasteiger partial charge in [-0.1, -0.05) is 98.3 Å². The average molecular weight is 698 g/mol. The summed E-state index contributed by atoms with van der Waals surface area (Å²) < 4.78 is 5.76. The molecule has 0 aromatic heterocycles. The summed E-state index contributed by atoms with van der Waals surface area (Å²) in [6.45, 7) is 5.42. The van der Waals surface area contributed by atoms with Gasteiger partial charge < -0.3 is 41.1 Å². The van der Waals surface area contributed by atoms with Crippen molar-refractivity contribution in [3.05, 3.63) is 0 Å². The van der Waals surface area contributed by atoms with Crippen molar-refractivity contribution >= 4 is 35.5 Å². The van der Waals surface area contributed by atoms with Gasteiger partial charge in [-0.25, -0.2) is 0 Å². The molecule has 0 saturated carbocycles. The molecule has 1 rings (SSSR count). The smallest absolute Gasteiger partial charge is 0.325 e. The maximum Gasteiger partial charge on any atom is 0.325 e. The van der Waals surface area contributed by atoms with E-state index in [1.54, 1.807) is 6.92 Å². The van der Waals surface area contributed by atoms with Crippen LogP contribution in [0.4, 0.5) is 0 Å². The van der Waals surface area contributed by atoms with Crippen LogP contribution in [-0.4, -0.2) is 108 Å². The molecule has 0 aromatic rings. The largest absolute Gasteiger partial charge is 0.460 e. The van der Waals surface area contributed by atoms with Crippen LogP contribution in [0, 0.1) is 5.92 Å². The first-order chi connectivity index (χ1) is 23.4. The van der Waals surface area contributed by atoms with Crippen LogP contribution in [0.5, 0.6) is 0 Å². The Labute approximate surface area is 292 Å². The van der Waals surface area contributed by atoms with Crippen molar-refractivity contribution in [3.8, 4) is 0 Å². The summed E-state index contributed by atoms with van der Waals surface area (Å²) in [4.78, 5) is 81.0. The highest BCUT2D eigenvalue weighted by molar-refractivity contribution is 5.96. The maximum absolute atomic E-state index is 14.0. The molecule has 6 atom stereocenters. The number of unbranched alkanes of at least 4 members (excludes halogenated alkanes) is 9. The number of aliphatic hydroxyl groups excluding tert-OH is 2. The number of nitrogens with zero attached hydrogens (tertiary/aromatic N) is 1. The number of carbonyl (C=O) groups is 6. The van der Waals surface area contributed by atoms with E-state index in [0.717, 1.165) is 38.5 Å². The number of carbonyl (C=O) groups excluding carboxylic acids is 6. The second-order valence-corrected chi connectivity index (χ2v) is 13.1. The highest BCUT2D eigenvalue weighted by Gasteiger charge is 2.36. The minimum absolute atomic E-state index is 0.214. The van der Waals surface area contributed by atoms with Crippen LogP contribution in [0.15, 0.2) is 0 Å². The molecule has 0 aromatic carbocycles. The zero-order valence-electron chi connectivity index (χ0n) is 30.4. The summed E-state index contributed by atoms with van der Waals surface area (Å²) in [6, 6.07) is -4.99. The summed E-state index contributed by atoms with van der Waals surface area (Å²) in [5, 5.41) is 29.4. The molecule has 1 aliphatic heterocycles. The van der Waals surface area contributed by atoms with E-state index < -0.39 is 91.5 Å². The van der Waals surface area contributed by atoms with Crippen molar-refractivity contribution in [2.45, 2.75) is 154 Å². The molecule has 1 heterocycles. The standard InChI is InChI=1S/C35H63N5O9/c1-6-9-11-12-13-14-15-17-20-29-24(4)35(48)40(5)28(19-16-10-7-2)34(47)37-25(18-8-3)32(45)39-27(23-42)33(46)38-26(22-41)31(44)36-21-30(43)49-29/h24-29,41-42H,6-23H2,1-5H3,(H,36,44)(H,37,47)(H,38,46)(H,39,45)/t24-,25+,26+,27+,28+,29-/m1/s1. The van der Waals surface area contributed by atoms with Crippen LogP contribution in [0.3, 0.4) is 0 Å². The minimum Gasteiger partial charge on any atom is -0.460 e. The molecule has 1 aliphatic rings. The van der Waals surface area contributed by atoms with Gasteiger partial charge in [-0.05, 0) is 25.7 Å². The number of hydrogen-bond donors (Lipinski definition) is 6. The Hall–Kier alpha value is -3.26. The second-order valence-electron chi connectivity index (χ2n) is 13.1. The van der Waals surface area contributed by atoms with Gasteiger partial charge in [0, 0.05) is 7.05 Å². The van der Waals surface area contributed by atoms with Gasteiger partial charge in [-0.15, -0.1) is 0 Å². The first-order valence-electron chi connectivity index (χ1n) is 18.3. The summed E-state index contributed by atoms with van der Waals surface area (Å²) in [6.07, 6.45) is 11.4. The predicted octanol–water partition coefficient (Wildman–Crippen LogP) is 1.84. The molecule has 1 saturated heterocycles. The monoisotopic (exact) mass is 697 g/mol. The van der Waals surface area contributed by atoms with Crippen molar-refractivity contribution < 1.29 is 43.7 Å². The second kappa shape index (κ2) is 24.8. The van der Waals surface area contributed by atoms with Crippen LogP contribution in [0.25, 0.3) is 0 Å². The molecule has 0 radical (unpaired) electrons. The van der Waals surface area contributed by atoms with E-state index in [4.69, 9.17) is 4.74 Å². The number of ether oxygens (including phenoxy) is 1. The van der Waals surface area contributed by atoms with Crippen LogP contribution in [0.1, 0.15) is 124 Å². The third-order valence-corrected chi connectivity index (χ3v) is 9.02. The van der Waals surface area contributed by atoms with Crippen LogP contribution in [0.2, 0.25) is 0 Å². The summed E-state index contributed by atoms with van der Waals surface area (Å²) in [5.41, 5.74) is 0. The molecule has 0 bridgehead atoms. The lowest BCUT2D eigenvalue weighted by Crippen LogP contribution is -2.59. The Balaban J connectivity index is 3.40. The van der Waals surface area contributed by atoms with E-state index in [2.05, 4.69) is 28.2 Å². The molecule has 5 amide bonds. The first kappa shape index (κ1) is 43.8. The van der Waals surface area contributed by atoms with Gasteiger partial charge in [0.2, 0.25) is 29.5 Å². The van der Waals surface area contributed by atoms with Gasteiger partial charge >= 0.3 is 5.97 Å². The topological polar surface area (TPSA) is 203 Å². The fraction of sp³-hybridized carbons (Fsp3) is 0.829. The fourth-order valence-corrected chi connectivity index (χ4v) is 5.86. The molecular weight excluding hydrogens is 634 g/mol. The molecular formula is C35H63N5O9. The zero-order chi connectivity index (χ0) is 36.8. The minimum atomic E-state index is -1.50. The quantitative estimate of drug-likeness (QED) is 0.0968. The van der Waals surface area contributed by atoms with Gasteiger partial charge in [0.25, 0.3) is 0 Å². The number of esters is 1. The highest BCUT2D eigenvalue weighted by Crippen LogP contribution is 2.22. The number of cyclic esters (lactones) is 1. The van der Waals surface area contributed by atoms with E-state index in [1.165, 1.54) is 31.2 Å². The van der Waals surface area contributed by atoms with Crippen molar-refractivity contribution in [1.29, 1.82) is 0 Å². The lowest BCUT2D eigenvalue weighted by Gasteiger charge is -2.33. The molecule has 282 valence electrons. The van der Waals surface area contributed by atoms with Gasteiger partial charge in [0.05, 0.1) is 19.1 Å². The van der Waals surface area contributed by atoms with Crippen molar-refractivity contribution in [2.75, 3.05) is 26.8 Å². The number of hydrogen-bond acceptors (Lipinski definition) is 9. The SMILES string of the molecule is CCCCCCCCCC[C@H]1OC(=O)CNC(=O)[C@H](CO)NC(=O)[C@H](CO)NC(=O)[C@H](CCC)NC(=O)[C@H](CCCCC)N(C)C(=O)[C@@H]1C. The third-order valence-electron chi connectivity index (χ3n) is 9.02. The first-order valence-corrected chi connectivity index (χ1v) is 18.3. The van der Waals surface area contributed by atoms with Crippen LogP contribution < -0.4 is 21.3 Å². The number of rotatable bonds is 17. The summed E-state index contributed by atoms with van der Waals surface area (Å²) in [5.74, 6) is -5.13. The van der Waals surface area contributed by atoms with E-state index in [1.807, 2.05) is 13.8 Å². The molecule has 6 N–H and O–H groups in total. The predicted molar refractivity (Wildman–Crippen MR) is 185 cm³/mol. The molecule has 1 fully saturated rings. The zero-order valence-corrected chi connectivity index (χ0v) is 30.4. The van der Waals surface area contributed by atoms with E-state index in [9.17, 15) is 39.0 Å². The van der Waals surface area contributed by atoms with E-state index >= 15 is 0 Å². The number of aliphatic hydroxyl groups is 2. The van der Waals surface area contributed by atoms with E-state index in [-0.39, 0.29) is 6.42 Å². The highest BCUT2D eigenvalue weighted by atomic mass is 16.5. The lowest BCUT2D eigenvalue weighted by atomic mass is 9.95. The van der Waals surface area contributed by atoms with Gasteiger partial charge in [-0.3, -0.25) is 28.8 Å². The van der Waals surface area contributed by atoms with Crippen molar-refractivity contribution in [2.24, 2.45) is 5.92 Å². The van der Waals surface area contributed by atoms with Gasteiger partial charge in [0.15, 0.2) is 0 Å². The number of amides is 5. The summed E-state index contributed by atoms with van der Waals surface area (Å²) in [7, 11) is 1.53. The van der Waals surface area contributed by atoms with Gasteiger partial charge in [0.1, 0.15) is 36.8 Å². The number of nitrogens with one attached hydrogen (secondary N) is 4. The Morgan fingerprint density at radius 1 is 0.633 bits per heavy atom. The average Bonchev–Trinajstić information content (AvgIpc) is 3.09. The third kappa shape index (κ3) is 15.9. The molecule has 0 aliphatic carbocycles. The van der Waals surface area contributed by atoms with Crippen LogP contribution >= 0.6 is 0 Å². The maximum atomic E-state index is 14.0. The Morgan fingerprint density at radius 2 is 1.12 bits per heavy atom. The fourth-order valence-electron chi connectivity index (χ4n) is 5.86. The Bertz CT molecular complexity index is 1040. The van der Waals surface area contributed by atoms with Crippen molar-refractivity contribution in [3.63, 3.8) is 0 Å².